The summed E-state index contributed by atoms with van der Waals surface area (Å²) in [5.74, 6) is 0.509. The maximum absolute atomic E-state index is 12.3. The van der Waals surface area contributed by atoms with Crippen LogP contribution < -0.4 is 5.32 Å². The van der Waals surface area contributed by atoms with E-state index in [1.165, 1.54) is 11.3 Å². The van der Waals surface area contributed by atoms with E-state index in [1.807, 2.05) is 5.38 Å². The minimum absolute atomic E-state index is 0.173. The monoisotopic (exact) mass is 258 g/mol. The van der Waals surface area contributed by atoms with E-state index in [-0.39, 0.29) is 6.04 Å². The molecule has 2 atom stereocenters. The Labute approximate surface area is 99.3 Å². The van der Waals surface area contributed by atoms with Crippen molar-refractivity contribution < 1.29 is 8.42 Å². The summed E-state index contributed by atoms with van der Waals surface area (Å²) in [4.78, 5) is 0. The number of thiophene rings is 1. The predicted octanol–water partition coefficient (Wildman–Crippen LogP) is 0.731. The zero-order chi connectivity index (χ0) is 11.2. The molecule has 0 saturated carbocycles. The molecule has 0 bridgehead atoms. The second-order valence-electron chi connectivity index (χ2n) is 4.32. The van der Waals surface area contributed by atoms with E-state index < -0.39 is 10.0 Å². The summed E-state index contributed by atoms with van der Waals surface area (Å²) in [5.41, 5.74) is 0. The van der Waals surface area contributed by atoms with E-state index in [1.54, 1.807) is 16.4 Å². The Morgan fingerprint density at radius 2 is 2.31 bits per heavy atom. The van der Waals surface area contributed by atoms with Crippen molar-refractivity contribution in [3.05, 3.63) is 17.5 Å². The molecule has 88 valence electrons. The van der Waals surface area contributed by atoms with Gasteiger partial charge in [0.1, 0.15) is 4.21 Å². The van der Waals surface area contributed by atoms with E-state index in [2.05, 4.69) is 5.32 Å². The van der Waals surface area contributed by atoms with Gasteiger partial charge in [0.25, 0.3) is 10.0 Å². The van der Waals surface area contributed by atoms with Gasteiger partial charge in [-0.15, -0.1) is 11.3 Å². The van der Waals surface area contributed by atoms with Gasteiger partial charge in [0.05, 0.1) is 0 Å². The first-order valence-corrected chi connectivity index (χ1v) is 7.77. The van der Waals surface area contributed by atoms with Gasteiger partial charge in [-0.2, -0.15) is 4.31 Å². The highest BCUT2D eigenvalue weighted by atomic mass is 32.2. The van der Waals surface area contributed by atoms with Crippen LogP contribution in [0.2, 0.25) is 0 Å². The van der Waals surface area contributed by atoms with Crippen molar-refractivity contribution in [1.29, 1.82) is 0 Å². The summed E-state index contributed by atoms with van der Waals surface area (Å²) in [7, 11) is -3.24. The van der Waals surface area contributed by atoms with E-state index in [0.717, 1.165) is 19.5 Å². The molecule has 2 aliphatic rings. The normalized spacial score (nSPS) is 30.8. The van der Waals surface area contributed by atoms with Crippen molar-refractivity contribution >= 4 is 21.4 Å². The number of nitrogens with zero attached hydrogens (tertiary/aromatic N) is 1. The van der Waals surface area contributed by atoms with Gasteiger partial charge in [-0.05, 0) is 30.3 Å². The van der Waals surface area contributed by atoms with Crippen molar-refractivity contribution in [2.75, 3.05) is 19.6 Å². The number of rotatable bonds is 2. The largest absolute Gasteiger partial charge is 0.315 e. The Balaban J connectivity index is 1.93. The summed E-state index contributed by atoms with van der Waals surface area (Å²) in [6.07, 6.45) is 0.988. The molecular formula is C10H14N2O2S2. The van der Waals surface area contributed by atoms with E-state index in [0.29, 0.717) is 16.7 Å². The minimum Gasteiger partial charge on any atom is -0.315 e. The molecule has 0 unspecified atom stereocenters. The highest BCUT2D eigenvalue weighted by Crippen LogP contribution is 2.33. The fourth-order valence-corrected chi connectivity index (χ4v) is 5.45. The summed E-state index contributed by atoms with van der Waals surface area (Å²) < 4.78 is 26.8. The number of nitrogens with one attached hydrogen (secondary N) is 1. The van der Waals surface area contributed by atoms with Gasteiger partial charge < -0.3 is 5.32 Å². The third-order valence-corrected chi connectivity index (χ3v) is 6.75. The molecule has 2 saturated heterocycles. The Hall–Kier alpha value is -0.430. The van der Waals surface area contributed by atoms with Crippen LogP contribution in [-0.2, 0) is 10.0 Å². The van der Waals surface area contributed by atoms with Crippen LogP contribution in [0, 0.1) is 5.92 Å². The van der Waals surface area contributed by atoms with Gasteiger partial charge in [-0.3, -0.25) is 0 Å². The number of sulfonamides is 1. The van der Waals surface area contributed by atoms with Crippen molar-refractivity contribution in [2.45, 2.75) is 16.7 Å². The third-order valence-electron chi connectivity index (χ3n) is 3.45. The van der Waals surface area contributed by atoms with E-state index in [4.69, 9.17) is 0 Å². The molecule has 6 heteroatoms. The van der Waals surface area contributed by atoms with Crippen LogP contribution in [-0.4, -0.2) is 38.4 Å². The molecule has 1 aromatic heterocycles. The van der Waals surface area contributed by atoms with Gasteiger partial charge in [0, 0.05) is 19.1 Å². The van der Waals surface area contributed by atoms with E-state index >= 15 is 0 Å². The molecule has 2 aliphatic heterocycles. The molecule has 0 aliphatic carbocycles. The first kappa shape index (κ1) is 10.7. The molecule has 3 heterocycles. The van der Waals surface area contributed by atoms with Crippen molar-refractivity contribution in [2.24, 2.45) is 5.92 Å². The minimum atomic E-state index is -3.24. The lowest BCUT2D eigenvalue weighted by Gasteiger charge is -2.21. The smallest absolute Gasteiger partial charge is 0.252 e. The van der Waals surface area contributed by atoms with E-state index in [9.17, 15) is 8.42 Å². The van der Waals surface area contributed by atoms with Crippen molar-refractivity contribution in [1.82, 2.24) is 9.62 Å². The Morgan fingerprint density at radius 1 is 1.44 bits per heavy atom. The fourth-order valence-electron chi connectivity index (χ4n) is 2.63. The fraction of sp³-hybridized carbons (Fsp3) is 0.600. The maximum Gasteiger partial charge on any atom is 0.252 e. The molecule has 0 aromatic carbocycles. The Morgan fingerprint density at radius 3 is 3.06 bits per heavy atom. The number of hydrogen-bond acceptors (Lipinski definition) is 4. The maximum atomic E-state index is 12.3. The first-order valence-electron chi connectivity index (χ1n) is 5.45. The lowest BCUT2D eigenvalue weighted by molar-refractivity contribution is 0.384. The van der Waals surface area contributed by atoms with Gasteiger partial charge in [0.2, 0.25) is 0 Å². The highest BCUT2D eigenvalue weighted by Gasteiger charge is 2.43. The van der Waals surface area contributed by atoms with Crippen LogP contribution in [0.25, 0.3) is 0 Å². The van der Waals surface area contributed by atoms with Gasteiger partial charge in [-0.1, -0.05) is 6.07 Å². The summed E-state index contributed by atoms with van der Waals surface area (Å²) in [6.45, 7) is 2.44. The lowest BCUT2D eigenvalue weighted by Crippen LogP contribution is -2.38. The van der Waals surface area contributed by atoms with Gasteiger partial charge >= 0.3 is 0 Å². The predicted molar refractivity (Wildman–Crippen MR) is 63.0 cm³/mol. The molecule has 2 fully saturated rings. The van der Waals surface area contributed by atoms with Crippen LogP contribution in [0.15, 0.2) is 21.7 Å². The quantitative estimate of drug-likeness (QED) is 0.851. The number of hydrogen-bond donors (Lipinski definition) is 1. The Bertz CT molecular complexity index is 469. The average Bonchev–Trinajstić information content (AvgIpc) is 2.95. The third kappa shape index (κ3) is 1.52. The highest BCUT2D eigenvalue weighted by molar-refractivity contribution is 7.91. The summed E-state index contributed by atoms with van der Waals surface area (Å²) in [6, 6.07) is 3.65. The molecule has 0 radical (unpaired) electrons. The molecule has 16 heavy (non-hydrogen) atoms. The zero-order valence-electron chi connectivity index (χ0n) is 8.80. The molecule has 3 rings (SSSR count). The van der Waals surface area contributed by atoms with Crippen LogP contribution in [0.4, 0.5) is 0 Å². The zero-order valence-corrected chi connectivity index (χ0v) is 10.4. The topological polar surface area (TPSA) is 49.4 Å². The van der Waals surface area contributed by atoms with Crippen molar-refractivity contribution in [3.8, 4) is 0 Å². The standard InChI is InChI=1S/C10H14N2O2S2/c13-16(14,10-2-1-5-15-10)12-4-3-8-6-11-7-9(8)12/h1-2,5,8-9,11H,3-4,6-7H2/t8-,9+/m0/s1. The van der Waals surface area contributed by atoms with Gasteiger partial charge in [-0.25, -0.2) is 8.42 Å². The second-order valence-corrected chi connectivity index (χ2v) is 7.39. The Kier molecular flexibility index (Phi) is 2.54. The van der Waals surface area contributed by atoms with Crippen LogP contribution in [0.1, 0.15) is 6.42 Å². The first-order chi connectivity index (χ1) is 7.69. The van der Waals surface area contributed by atoms with Crippen LogP contribution in [0.5, 0.6) is 0 Å². The number of fused-ring (bicyclic) bond motifs is 1. The molecule has 0 amide bonds. The molecular weight excluding hydrogens is 244 g/mol. The molecule has 1 aromatic rings. The SMILES string of the molecule is O=S(=O)(c1cccs1)N1CC[C@H]2CNC[C@H]21. The molecule has 1 N–H and O–H groups in total. The van der Waals surface area contributed by atoms with Gasteiger partial charge in [0.15, 0.2) is 0 Å². The molecule has 4 nitrogen and oxygen atoms in total. The van der Waals surface area contributed by atoms with Crippen molar-refractivity contribution in [3.63, 3.8) is 0 Å². The second kappa shape index (κ2) is 3.80. The molecule has 0 spiro atoms. The van der Waals surface area contributed by atoms with Crippen LogP contribution in [0.3, 0.4) is 0 Å². The van der Waals surface area contributed by atoms with Crippen LogP contribution >= 0.6 is 11.3 Å². The summed E-state index contributed by atoms with van der Waals surface area (Å²) in [5, 5.41) is 5.08. The lowest BCUT2D eigenvalue weighted by atomic mass is 10.1. The average molecular weight is 258 g/mol. The summed E-state index contributed by atoms with van der Waals surface area (Å²) >= 11 is 1.30.